The summed E-state index contributed by atoms with van der Waals surface area (Å²) in [5.74, 6) is 1.26. The Morgan fingerprint density at radius 1 is 1.09 bits per heavy atom. The molecule has 2 heterocycles. The number of carbonyl (C=O) groups excluding carboxylic acids is 1. The number of ether oxygens (including phenoxy) is 2. The molecular formula is C22H18Cl2N4O4. The van der Waals surface area contributed by atoms with Gasteiger partial charge in [-0.05, 0) is 30.3 Å². The van der Waals surface area contributed by atoms with Crippen LogP contribution in [0.15, 0.2) is 59.3 Å². The number of benzene rings is 2. The molecule has 0 aliphatic heterocycles. The maximum Gasteiger partial charge on any atom is 0.274 e. The Bertz CT molecular complexity index is 1270. The highest BCUT2D eigenvalue weighted by molar-refractivity contribution is 6.32. The first-order chi connectivity index (χ1) is 15.5. The Kier molecular flexibility index (Phi) is 6.34. The van der Waals surface area contributed by atoms with Crippen LogP contribution in [0, 0.1) is 0 Å². The average molecular weight is 473 g/mol. The highest BCUT2D eigenvalue weighted by atomic mass is 35.5. The van der Waals surface area contributed by atoms with Gasteiger partial charge < -0.3 is 23.9 Å². The van der Waals surface area contributed by atoms with Crippen LogP contribution in [-0.4, -0.2) is 34.8 Å². The lowest BCUT2D eigenvalue weighted by Gasteiger charge is -2.13. The molecule has 4 aromatic rings. The van der Waals surface area contributed by atoms with Gasteiger partial charge >= 0.3 is 0 Å². The lowest BCUT2D eigenvalue weighted by Crippen LogP contribution is -2.19. The molecule has 0 unspecified atom stereocenters. The van der Waals surface area contributed by atoms with Gasteiger partial charge in [-0.25, -0.2) is 0 Å². The Hall–Kier alpha value is -3.49. The number of nitrogens with zero attached hydrogens (tertiary/aromatic N) is 3. The number of rotatable bonds is 7. The number of hydrogen-bond acceptors (Lipinski definition) is 6. The summed E-state index contributed by atoms with van der Waals surface area (Å²) in [4.78, 5) is 17.2. The van der Waals surface area contributed by atoms with Crippen LogP contribution in [0.2, 0.25) is 10.0 Å². The summed E-state index contributed by atoms with van der Waals surface area (Å²) >= 11 is 12.2. The SMILES string of the molecule is COc1cc(OC)c(NC(=O)Cn2cccc2-c2nc(-c3cccc(Cl)c3)no2)cc1Cl. The molecule has 10 heteroatoms. The molecule has 32 heavy (non-hydrogen) atoms. The van der Waals surface area contributed by atoms with Crippen molar-refractivity contribution < 1.29 is 18.8 Å². The van der Waals surface area contributed by atoms with Crippen LogP contribution in [-0.2, 0) is 11.3 Å². The van der Waals surface area contributed by atoms with E-state index in [0.717, 1.165) is 5.56 Å². The van der Waals surface area contributed by atoms with Crippen LogP contribution in [0.3, 0.4) is 0 Å². The molecule has 2 aromatic carbocycles. The summed E-state index contributed by atoms with van der Waals surface area (Å²) in [5, 5.41) is 7.74. The summed E-state index contributed by atoms with van der Waals surface area (Å²) in [5.41, 5.74) is 1.76. The molecule has 0 aliphatic rings. The third-order valence-corrected chi connectivity index (χ3v) is 5.15. The Labute approximate surface area is 193 Å². The second kappa shape index (κ2) is 9.33. The van der Waals surface area contributed by atoms with E-state index >= 15 is 0 Å². The number of methoxy groups -OCH3 is 2. The molecule has 0 aliphatic carbocycles. The van der Waals surface area contributed by atoms with Gasteiger partial charge in [-0.15, -0.1) is 0 Å². The van der Waals surface area contributed by atoms with Gasteiger partial charge in [0.2, 0.25) is 11.7 Å². The second-order valence-electron chi connectivity index (χ2n) is 6.69. The van der Waals surface area contributed by atoms with Gasteiger partial charge in [-0.3, -0.25) is 4.79 Å². The van der Waals surface area contributed by atoms with Gasteiger partial charge in [0, 0.05) is 22.8 Å². The summed E-state index contributed by atoms with van der Waals surface area (Å²) < 4.78 is 17.6. The smallest absolute Gasteiger partial charge is 0.274 e. The fraction of sp³-hybridized carbons (Fsp3) is 0.136. The molecule has 0 radical (unpaired) electrons. The minimum absolute atomic E-state index is 0.00398. The molecule has 0 fully saturated rings. The molecule has 0 bridgehead atoms. The van der Waals surface area contributed by atoms with Crippen molar-refractivity contribution in [2.75, 3.05) is 19.5 Å². The van der Waals surface area contributed by atoms with Crippen LogP contribution >= 0.6 is 23.2 Å². The Morgan fingerprint density at radius 2 is 1.91 bits per heavy atom. The van der Waals surface area contributed by atoms with E-state index in [0.29, 0.717) is 38.8 Å². The summed E-state index contributed by atoms with van der Waals surface area (Å²) in [6.07, 6.45) is 1.75. The number of anilines is 1. The van der Waals surface area contributed by atoms with Crippen molar-refractivity contribution in [3.63, 3.8) is 0 Å². The lowest BCUT2D eigenvalue weighted by molar-refractivity contribution is -0.116. The van der Waals surface area contributed by atoms with Gasteiger partial charge in [0.1, 0.15) is 23.7 Å². The maximum absolute atomic E-state index is 12.7. The third kappa shape index (κ3) is 4.56. The van der Waals surface area contributed by atoms with Crippen molar-refractivity contribution in [1.82, 2.24) is 14.7 Å². The first kappa shape index (κ1) is 21.7. The van der Waals surface area contributed by atoms with Crippen molar-refractivity contribution in [3.05, 3.63) is 64.8 Å². The second-order valence-corrected chi connectivity index (χ2v) is 7.53. The number of carbonyl (C=O) groups is 1. The quantitative estimate of drug-likeness (QED) is 0.398. The Morgan fingerprint density at radius 3 is 2.66 bits per heavy atom. The van der Waals surface area contributed by atoms with Crippen LogP contribution in [0.4, 0.5) is 5.69 Å². The largest absolute Gasteiger partial charge is 0.495 e. The summed E-state index contributed by atoms with van der Waals surface area (Å²) in [6.45, 7) is 0.00398. The van der Waals surface area contributed by atoms with Gasteiger partial charge in [0.25, 0.3) is 5.89 Å². The van der Waals surface area contributed by atoms with Crippen molar-refractivity contribution in [2.24, 2.45) is 0 Å². The van der Waals surface area contributed by atoms with Crippen LogP contribution in [0.25, 0.3) is 23.0 Å². The highest BCUT2D eigenvalue weighted by Gasteiger charge is 2.17. The van der Waals surface area contributed by atoms with E-state index in [-0.39, 0.29) is 18.3 Å². The fourth-order valence-corrected chi connectivity index (χ4v) is 3.55. The molecule has 0 saturated heterocycles. The standard InChI is InChI=1S/C22H18Cl2N4O4/c1-30-18-11-19(31-2)16(10-15(18)24)25-20(29)12-28-8-4-7-17(28)22-26-21(27-32-22)13-5-3-6-14(23)9-13/h3-11H,12H2,1-2H3,(H,25,29). The monoisotopic (exact) mass is 472 g/mol. The van der Waals surface area contributed by atoms with E-state index < -0.39 is 0 Å². The zero-order valence-corrected chi connectivity index (χ0v) is 18.6. The van der Waals surface area contributed by atoms with Crippen molar-refractivity contribution in [2.45, 2.75) is 6.54 Å². The summed E-state index contributed by atoms with van der Waals surface area (Å²) in [6, 6.07) is 13.9. The molecule has 0 spiro atoms. The molecule has 0 saturated carbocycles. The topological polar surface area (TPSA) is 91.4 Å². The Balaban J connectivity index is 1.53. The van der Waals surface area contributed by atoms with E-state index in [1.807, 2.05) is 6.07 Å². The average Bonchev–Trinajstić information content (AvgIpc) is 3.43. The lowest BCUT2D eigenvalue weighted by atomic mass is 10.2. The molecule has 4 rings (SSSR count). The first-order valence-electron chi connectivity index (χ1n) is 9.45. The van der Waals surface area contributed by atoms with E-state index in [4.69, 9.17) is 37.2 Å². The number of nitrogens with one attached hydrogen (secondary N) is 1. The predicted molar refractivity (Wildman–Crippen MR) is 121 cm³/mol. The van der Waals surface area contributed by atoms with Crippen molar-refractivity contribution >= 4 is 34.8 Å². The first-order valence-corrected chi connectivity index (χ1v) is 10.2. The fourth-order valence-electron chi connectivity index (χ4n) is 3.12. The van der Waals surface area contributed by atoms with E-state index in [9.17, 15) is 4.79 Å². The van der Waals surface area contributed by atoms with Gasteiger partial charge in [0.05, 0.1) is 24.9 Å². The van der Waals surface area contributed by atoms with Crippen molar-refractivity contribution in [1.29, 1.82) is 0 Å². The minimum atomic E-state index is -0.295. The number of amides is 1. The van der Waals surface area contributed by atoms with Crippen molar-refractivity contribution in [3.8, 4) is 34.5 Å². The van der Waals surface area contributed by atoms with Crippen LogP contribution < -0.4 is 14.8 Å². The summed E-state index contributed by atoms with van der Waals surface area (Å²) in [7, 11) is 3.00. The molecule has 1 N–H and O–H groups in total. The molecule has 2 aromatic heterocycles. The predicted octanol–water partition coefficient (Wildman–Crippen LogP) is 5.17. The maximum atomic E-state index is 12.7. The molecule has 164 valence electrons. The molecular weight excluding hydrogens is 455 g/mol. The highest BCUT2D eigenvalue weighted by Crippen LogP contribution is 2.36. The normalized spacial score (nSPS) is 10.8. The zero-order chi connectivity index (χ0) is 22.7. The molecule has 0 atom stereocenters. The van der Waals surface area contributed by atoms with Gasteiger partial charge in [-0.1, -0.05) is 40.5 Å². The van der Waals surface area contributed by atoms with E-state index in [1.54, 1.807) is 53.2 Å². The molecule has 1 amide bonds. The minimum Gasteiger partial charge on any atom is -0.495 e. The van der Waals surface area contributed by atoms with E-state index in [2.05, 4.69) is 15.5 Å². The van der Waals surface area contributed by atoms with Gasteiger partial charge in [0.15, 0.2) is 0 Å². The van der Waals surface area contributed by atoms with Crippen LogP contribution in [0.5, 0.6) is 11.5 Å². The zero-order valence-electron chi connectivity index (χ0n) is 17.1. The number of aromatic nitrogens is 3. The third-order valence-electron chi connectivity index (χ3n) is 4.62. The molecule has 8 nitrogen and oxygen atoms in total. The van der Waals surface area contributed by atoms with E-state index in [1.165, 1.54) is 14.2 Å². The van der Waals surface area contributed by atoms with Crippen LogP contribution in [0.1, 0.15) is 0 Å². The van der Waals surface area contributed by atoms with Gasteiger partial charge in [-0.2, -0.15) is 4.98 Å². The number of halogens is 2. The number of hydrogen-bond donors (Lipinski definition) is 1.